The molecule has 0 heterocycles. The van der Waals surface area contributed by atoms with Crippen LogP contribution < -0.4 is 4.90 Å². The fourth-order valence-electron chi connectivity index (χ4n) is 2.12. The molecule has 0 atom stereocenters. The van der Waals surface area contributed by atoms with Crippen LogP contribution in [0.2, 0.25) is 0 Å². The van der Waals surface area contributed by atoms with Crippen LogP contribution in [0.1, 0.15) is 5.56 Å². The third-order valence-corrected chi connectivity index (χ3v) is 5.37. The second-order valence-corrected chi connectivity index (χ2v) is 7.51. The summed E-state index contributed by atoms with van der Waals surface area (Å²) in [6.07, 6.45) is 0. The van der Waals surface area contributed by atoms with E-state index in [1.807, 2.05) is 31.1 Å². The van der Waals surface area contributed by atoms with Crippen LogP contribution in [0, 0.1) is 17.5 Å². The van der Waals surface area contributed by atoms with E-state index in [1.165, 1.54) is 7.05 Å². The molecule has 0 N–H and O–H groups in total. The average molecular weight is 358 g/mol. The Hall–Kier alpha value is -2.06. The van der Waals surface area contributed by atoms with Crippen LogP contribution in [0.25, 0.3) is 0 Å². The fraction of sp³-hybridized carbons (Fsp3) is 0.250. The number of sulfonamides is 1. The maximum Gasteiger partial charge on any atom is 0.246 e. The van der Waals surface area contributed by atoms with E-state index < -0.39 is 32.4 Å². The summed E-state index contributed by atoms with van der Waals surface area (Å²) in [5.74, 6) is -4.96. The van der Waals surface area contributed by atoms with E-state index in [0.29, 0.717) is 17.7 Å². The van der Waals surface area contributed by atoms with Crippen LogP contribution in [0.3, 0.4) is 0 Å². The standard InChI is InChI=1S/C16H17F3N2O2S/c1-20(2)12-6-4-11(5-7-12)10-21(3)24(22,23)14-9-8-13(17)15(18)16(14)19/h4-9H,10H2,1-3H3. The highest BCUT2D eigenvalue weighted by Crippen LogP contribution is 2.23. The minimum absolute atomic E-state index is 0.0333. The van der Waals surface area contributed by atoms with Crippen molar-refractivity contribution in [3.8, 4) is 0 Å². The molecule has 2 rings (SSSR count). The summed E-state index contributed by atoms with van der Waals surface area (Å²) >= 11 is 0. The van der Waals surface area contributed by atoms with Gasteiger partial charge >= 0.3 is 0 Å². The Morgan fingerprint density at radius 2 is 1.46 bits per heavy atom. The molecule has 8 heteroatoms. The molecule has 4 nitrogen and oxygen atoms in total. The number of anilines is 1. The molecule has 2 aromatic carbocycles. The van der Waals surface area contributed by atoms with Crippen molar-refractivity contribution < 1.29 is 21.6 Å². The van der Waals surface area contributed by atoms with E-state index in [-0.39, 0.29) is 6.54 Å². The largest absolute Gasteiger partial charge is 0.378 e. The van der Waals surface area contributed by atoms with Crippen molar-refractivity contribution in [1.82, 2.24) is 4.31 Å². The molecule has 0 aliphatic heterocycles. The molecule has 2 aromatic rings. The highest BCUT2D eigenvalue weighted by Gasteiger charge is 2.27. The van der Waals surface area contributed by atoms with Gasteiger partial charge in [-0.1, -0.05) is 12.1 Å². The maximum atomic E-state index is 13.8. The van der Waals surface area contributed by atoms with Crippen molar-refractivity contribution in [2.75, 3.05) is 26.0 Å². The van der Waals surface area contributed by atoms with E-state index in [9.17, 15) is 21.6 Å². The quantitative estimate of drug-likeness (QED) is 0.772. The summed E-state index contributed by atoms with van der Waals surface area (Å²) in [7, 11) is 0.699. The molecule has 0 aliphatic carbocycles. The van der Waals surface area contributed by atoms with E-state index in [2.05, 4.69) is 0 Å². The molecule has 0 aromatic heterocycles. The smallest absolute Gasteiger partial charge is 0.246 e. The first kappa shape index (κ1) is 18.3. The molecular weight excluding hydrogens is 341 g/mol. The lowest BCUT2D eigenvalue weighted by Crippen LogP contribution is -2.27. The zero-order valence-electron chi connectivity index (χ0n) is 13.4. The predicted octanol–water partition coefficient (Wildman–Crippen LogP) is 2.99. The van der Waals surface area contributed by atoms with Gasteiger partial charge in [-0.3, -0.25) is 0 Å². The van der Waals surface area contributed by atoms with Gasteiger partial charge in [0.05, 0.1) is 0 Å². The first-order valence-electron chi connectivity index (χ1n) is 7.00. The van der Waals surface area contributed by atoms with Crippen LogP contribution in [-0.2, 0) is 16.6 Å². The lowest BCUT2D eigenvalue weighted by molar-refractivity contribution is 0.421. The minimum atomic E-state index is -4.29. The normalized spacial score (nSPS) is 11.8. The molecule has 0 spiro atoms. The SMILES string of the molecule is CN(C)c1ccc(CN(C)S(=O)(=O)c2ccc(F)c(F)c2F)cc1. The molecule has 24 heavy (non-hydrogen) atoms. The third-order valence-electron chi connectivity index (χ3n) is 3.55. The van der Waals surface area contributed by atoms with Crippen LogP contribution in [0.5, 0.6) is 0 Å². The summed E-state index contributed by atoms with van der Waals surface area (Å²) < 4.78 is 65.7. The zero-order chi connectivity index (χ0) is 18.1. The summed E-state index contributed by atoms with van der Waals surface area (Å²) in [5.41, 5.74) is 1.62. The second-order valence-electron chi connectivity index (χ2n) is 5.50. The van der Waals surface area contributed by atoms with Crippen molar-refractivity contribution in [3.05, 3.63) is 59.4 Å². The number of hydrogen-bond acceptors (Lipinski definition) is 3. The van der Waals surface area contributed by atoms with Crippen LogP contribution in [-0.4, -0.2) is 33.9 Å². The summed E-state index contributed by atoms with van der Waals surface area (Å²) in [6.45, 7) is -0.0333. The molecule has 0 radical (unpaired) electrons. The number of benzene rings is 2. The molecule has 0 unspecified atom stereocenters. The average Bonchev–Trinajstić information content (AvgIpc) is 2.52. The van der Waals surface area contributed by atoms with Crippen molar-refractivity contribution >= 4 is 15.7 Å². The van der Waals surface area contributed by atoms with Crippen LogP contribution in [0.15, 0.2) is 41.3 Å². The maximum absolute atomic E-state index is 13.8. The Bertz CT molecular complexity index is 837. The van der Waals surface area contributed by atoms with E-state index in [4.69, 9.17) is 0 Å². The van der Waals surface area contributed by atoms with Gasteiger partial charge in [0, 0.05) is 33.4 Å². The van der Waals surface area contributed by atoms with Gasteiger partial charge in [-0.2, -0.15) is 4.31 Å². The molecule has 130 valence electrons. The third kappa shape index (κ3) is 3.54. The van der Waals surface area contributed by atoms with E-state index in [0.717, 1.165) is 9.99 Å². The molecule has 0 amide bonds. The minimum Gasteiger partial charge on any atom is -0.378 e. The Balaban J connectivity index is 2.28. The predicted molar refractivity (Wildman–Crippen MR) is 85.7 cm³/mol. The highest BCUT2D eigenvalue weighted by atomic mass is 32.2. The molecule has 0 saturated heterocycles. The number of nitrogens with zero attached hydrogens (tertiary/aromatic N) is 2. The molecular formula is C16H17F3N2O2S. The van der Waals surface area contributed by atoms with Gasteiger partial charge in [-0.15, -0.1) is 0 Å². The zero-order valence-corrected chi connectivity index (χ0v) is 14.2. The first-order chi connectivity index (χ1) is 11.1. The monoisotopic (exact) mass is 358 g/mol. The lowest BCUT2D eigenvalue weighted by atomic mass is 10.2. The van der Waals surface area contributed by atoms with Gasteiger partial charge in [0.25, 0.3) is 0 Å². The Labute approximate surface area is 139 Å². The summed E-state index contributed by atoms with van der Waals surface area (Å²) in [5, 5.41) is 0. The second kappa shape index (κ2) is 6.82. The lowest BCUT2D eigenvalue weighted by Gasteiger charge is -2.19. The highest BCUT2D eigenvalue weighted by molar-refractivity contribution is 7.89. The number of rotatable bonds is 5. The van der Waals surface area contributed by atoms with Crippen molar-refractivity contribution in [2.24, 2.45) is 0 Å². The fourth-order valence-corrected chi connectivity index (χ4v) is 3.33. The van der Waals surface area contributed by atoms with Gasteiger partial charge in [0.2, 0.25) is 10.0 Å². The molecule has 0 saturated carbocycles. The van der Waals surface area contributed by atoms with Gasteiger partial charge in [0.1, 0.15) is 4.90 Å². The molecule has 0 bridgehead atoms. The molecule has 0 aliphatic rings. The number of hydrogen-bond donors (Lipinski definition) is 0. The van der Waals surface area contributed by atoms with Gasteiger partial charge in [0.15, 0.2) is 17.5 Å². The van der Waals surface area contributed by atoms with Crippen molar-refractivity contribution in [2.45, 2.75) is 11.4 Å². The topological polar surface area (TPSA) is 40.6 Å². The summed E-state index contributed by atoms with van der Waals surface area (Å²) in [6, 6.07) is 8.41. The van der Waals surface area contributed by atoms with Gasteiger partial charge in [-0.25, -0.2) is 21.6 Å². The van der Waals surface area contributed by atoms with Gasteiger partial charge in [-0.05, 0) is 29.8 Å². The van der Waals surface area contributed by atoms with Gasteiger partial charge < -0.3 is 4.90 Å². The van der Waals surface area contributed by atoms with Crippen LogP contribution >= 0.6 is 0 Å². The van der Waals surface area contributed by atoms with E-state index >= 15 is 0 Å². The van der Waals surface area contributed by atoms with Crippen LogP contribution in [0.4, 0.5) is 18.9 Å². The van der Waals surface area contributed by atoms with E-state index in [1.54, 1.807) is 12.1 Å². The number of halogens is 3. The van der Waals surface area contributed by atoms with Crippen molar-refractivity contribution in [3.63, 3.8) is 0 Å². The first-order valence-corrected chi connectivity index (χ1v) is 8.44. The molecule has 0 fully saturated rings. The Morgan fingerprint density at radius 1 is 0.875 bits per heavy atom. The van der Waals surface area contributed by atoms with Crippen molar-refractivity contribution in [1.29, 1.82) is 0 Å². The Morgan fingerprint density at radius 3 is 2.00 bits per heavy atom. The summed E-state index contributed by atoms with van der Waals surface area (Å²) in [4.78, 5) is 0.995. The Kier molecular flexibility index (Phi) is 5.19.